The Labute approximate surface area is 202 Å². The van der Waals surface area contributed by atoms with Gasteiger partial charge < -0.3 is 29.9 Å². The quantitative estimate of drug-likeness (QED) is 0.234. The monoisotopic (exact) mass is 513 g/mol. The molecule has 0 radical (unpaired) electrons. The van der Waals surface area contributed by atoms with Crippen LogP contribution < -0.4 is 21.0 Å². The molecule has 1 aromatic heterocycles. The smallest absolute Gasteiger partial charge is 0.413 e. The van der Waals surface area contributed by atoms with Crippen LogP contribution in [0.2, 0.25) is 0 Å². The van der Waals surface area contributed by atoms with Crippen LogP contribution >= 0.6 is 7.75 Å². The van der Waals surface area contributed by atoms with Crippen LogP contribution in [0, 0.1) is 5.92 Å². The second-order valence-electron chi connectivity index (χ2n) is 8.59. The lowest BCUT2D eigenvalue weighted by atomic mass is 10.2. The van der Waals surface area contributed by atoms with E-state index in [9.17, 15) is 19.6 Å². The molecular formula is C21H32N5O8P. The number of rotatable bonds is 12. The van der Waals surface area contributed by atoms with Crippen molar-refractivity contribution >= 4 is 13.6 Å². The summed E-state index contributed by atoms with van der Waals surface area (Å²) in [4.78, 5) is 15.6. The summed E-state index contributed by atoms with van der Waals surface area (Å²) in [7, 11) is -4.04. The molecule has 2 unspecified atom stereocenters. The van der Waals surface area contributed by atoms with Gasteiger partial charge in [-0.1, -0.05) is 32.0 Å². The molecule has 0 spiro atoms. The second kappa shape index (κ2) is 12.0. The van der Waals surface area contributed by atoms with Crippen LogP contribution in [0.5, 0.6) is 5.75 Å². The normalized spacial score (nSPS) is 23.7. The Bertz CT molecular complexity index is 1060. The average Bonchev–Trinajstić information content (AvgIpc) is 3.17. The average molecular weight is 513 g/mol. The Hall–Kier alpha value is -2.38. The molecule has 6 atom stereocenters. The van der Waals surface area contributed by atoms with Gasteiger partial charge in [0.15, 0.2) is 12.5 Å². The van der Waals surface area contributed by atoms with Crippen molar-refractivity contribution in [1.29, 1.82) is 0 Å². The van der Waals surface area contributed by atoms with Crippen LogP contribution in [0.4, 0.5) is 5.82 Å². The predicted octanol–water partition coefficient (Wildman–Crippen LogP) is 1.04. The molecule has 5 N–H and O–H groups in total. The molecular weight excluding hydrogens is 481 g/mol. The van der Waals surface area contributed by atoms with Crippen LogP contribution in [0.3, 0.4) is 0 Å². The number of hydrogen-bond acceptors (Lipinski definition) is 11. The van der Waals surface area contributed by atoms with Gasteiger partial charge in [0, 0.05) is 6.42 Å². The third kappa shape index (κ3) is 7.80. The van der Waals surface area contributed by atoms with Gasteiger partial charge >= 0.3 is 13.4 Å². The van der Waals surface area contributed by atoms with Crippen molar-refractivity contribution in [3.63, 3.8) is 0 Å². The number of ether oxygens (including phenoxy) is 2. The number of hydrogen-bond donors (Lipinski definition) is 4. The minimum atomic E-state index is -4.04. The molecule has 0 amide bonds. The molecule has 0 aliphatic carbocycles. The lowest BCUT2D eigenvalue weighted by Crippen LogP contribution is -2.39. The van der Waals surface area contributed by atoms with Gasteiger partial charge in [-0.25, -0.2) is 14.4 Å². The number of nitrogens with one attached hydrogen (secondary N) is 1. The van der Waals surface area contributed by atoms with Crippen LogP contribution in [0.15, 0.2) is 41.3 Å². The topological polar surface area (TPSA) is 180 Å². The van der Waals surface area contributed by atoms with Crippen molar-refractivity contribution in [2.45, 2.75) is 58.0 Å². The second-order valence-corrected chi connectivity index (χ2v) is 10.3. The summed E-state index contributed by atoms with van der Waals surface area (Å²) < 4.78 is 36.8. The first-order valence-electron chi connectivity index (χ1n) is 11.2. The molecule has 35 heavy (non-hydrogen) atoms. The van der Waals surface area contributed by atoms with Gasteiger partial charge in [0.25, 0.3) is 0 Å². The number of nitrogens with zero attached hydrogens (tertiary/aromatic N) is 3. The molecule has 2 heterocycles. The summed E-state index contributed by atoms with van der Waals surface area (Å²) >= 11 is 0. The highest BCUT2D eigenvalue weighted by Gasteiger charge is 2.39. The summed E-state index contributed by atoms with van der Waals surface area (Å²) in [6.45, 7) is 5.50. The maximum atomic E-state index is 13.6. The number of benzene rings is 1. The fraction of sp³-hybridized carbons (Fsp3) is 0.571. The molecule has 194 valence electrons. The highest BCUT2D eigenvalue weighted by atomic mass is 31.2. The number of aliphatic hydroxyl groups excluding tert-OH is 2. The first-order valence-corrected chi connectivity index (χ1v) is 12.7. The van der Waals surface area contributed by atoms with Crippen LogP contribution in [0.25, 0.3) is 0 Å². The van der Waals surface area contributed by atoms with Gasteiger partial charge in [0.2, 0.25) is 0 Å². The summed E-state index contributed by atoms with van der Waals surface area (Å²) in [5.74, 6) is 0.414. The van der Waals surface area contributed by atoms with Crippen molar-refractivity contribution in [1.82, 2.24) is 19.9 Å². The number of anilines is 1. The number of aliphatic hydroxyl groups is 2. The Morgan fingerprint density at radius 3 is 2.69 bits per heavy atom. The maximum Gasteiger partial charge on any atom is 0.459 e. The molecule has 3 rings (SSSR count). The highest BCUT2D eigenvalue weighted by Crippen LogP contribution is 2.46. The number of nitrogen functional groups attached to an aromatic ring is 1. The Morgan fingerprint density at radius 2 is 2.03 bits per heavy atom. The zero-order chi connectivity index (χ0) is 25.6. The van der Waals surface area contributed by atoms with Crippen molar-refractivity contribution in [3.05, 3.63) is 47.0 Å². The lowest BCUT2D eigenvalue weighted by molar-refractivity contribution is -0.121. The Morgan fingerprint density at radius 1 is 1.31 bits per heavy atom. The molecule has 1 aliphatic rings. The van der Waals surface area contributed by atoms with Crippen LogP contribution in [0.1, 0.15) is 33.4 Å². The molecule has 1 fully saturated rings. The highest BCUT2D eigenvalue weighted by molar-refractivity contribution is 7.52. The van der Waals surface area contributed by atoms with Gasteiger partial charge in [-0.3, -0.25) is 4.52 Å². The van der Waals surface area contributed by atoms with E-state index in [0.717, 1.165) is 4.68 Å². The molecule has 2 aromatic rings. The molecule has 0 saturated carbocycles. The summed E-state index contributed by atoms with van der Waals surface area (Å²) in [5.41, 5.74) is 4.67. The molecule has 1 aromatic carbocycles. The Balaban J connectivity index is 1.68. The van der Waals surface area contributed by atoms with Crippen molar-refractivity contribution in [2.24, 2.45) is 5.92 Å². The zero-order valence-corrected chi connectivity index (χ0v) is 20.7. The minimum Gasteiger partial charge on any atom is -0.413 e. The molecule has 1 aliphatic heterocycles. The standard InChI is InChI=1S/C21H32N5O8P/c1-13(2)11-31-20(28)14(3)25-35(30,34-15-7-5-4-6-8-15)32-12-16-9-17(27)19(33-16)26-21(29)24-18(22)10-23-26/h4-8,10,13-14,16-17,19-20,27-28H,9,11-12H2,1-3H3,(H,25,30)(H2,22,24,29)/t14-,16-,17-,19+,20?,35?/m0/s1. The van der Waals surface area contributed by atoms with Crippen LogP contribution in [-0.4, -0.2) is 62.7 Å². The third-order valence-electron chi connectivity index (χ3n) is 4.93. The Kier molecular flexibility index (Phi) is 9.36. The summed E-state index contributed by atoms with van der Waals surface area (Å²) in [5, 5.41) is 27.2. The van der Waals surface area contributed by atoms with Gasteiger partial charge in [-0.15, -0.1) is 0 Å². The largest absolute Gasteiger partial charge is 0.459 e. The van der Waals surface area contributed by atoms with Gasteiger partial charge in [0.05, 0.1) is 31.6 Å². The van der Waals surface area contributed by atoms with E-state index in [1.54, 1.807) is 37.3 Å². The van der Waals surface area contributed by atoms with E-state index >= 15 is 0 Å². The molecule has 14 heteroatoms. The van der Waals surface area contributed by atoms with Crippen molar-refractivity contribution in [3.8, 4) is 5.75 Å². The maximum absolute atomic E-state index is 13.6. The van der Waals surface area contributed by atoms with E-state index in [4.69, 9.17) is 24.3 Å². The fourth-order valence-electron chi connectivity index (χ4n) is 3.23. The van der Waals surface area contributed by atoms with E-state index in [2.05, 4.69) is 15.2 Å². The molecule has 13 nitrogen and oxygen atoms in total. The van der Waals surface area contributed by atoms with Gasteiger partial charge in [0.1, 0.15) is 17.7 Å². The van der Waals surface area contributed by atoms with E-state index in [1.165, 1.54) is 6.20 Å². The fourth-order valence-corrected chi connectivity index (χ4v) is 4.80. The third-order valence-corrected chi connectivity index (χ3v) is 6.59. The van der Waals surface area contributed by atoms with Crippen molar-refractivity contribution in [2.75, 3.05) is 18.9 Å². The predicted molar refractivity (Wildman–Crippen MR) is 125 cm³/mol. The summed E-state index contributed by atoms with van der Waals surface area (Å²) in [6.07, 6.45) is -2.97. The minimum absolute atomic E-state index is 0.0580. The number of nitrogens with two attached hydrogens (primary N) is 1. The molecule has 1 saturated heterocycles. The molecule has 0 bridgehead atoms. The SMILES string of the molecule is CC(C)COC(O)[C@H](C)NP(=O)(OC[C@@H]1C[C@H](O)[C@H](n2ncc(N)nc2=O)O1)Oc1ccccc1. The zero-order valence-electron chi connectivity index (χ0n) is 19.8. The van der Waals surface area contributed by atoms with E-state index < -0.39 is 44.2 Å². The van der Waals surface area contributed by atoms with Crippen molar-refractivity contribution < 1.29 is 33.3 Å². The van der Waals surface area contributed by atoms with Crippen LogP contribution in [-0.2, 0) is 18.6 Å². The lowest BCUT2D eigenvalue weighted by Gasteiger charge is -2.27. The van der Waals surface area contributed by atoms with Gasteiger partial charge in [-0.05, 0) is 25.0 Å². The summed E-state index contributed by atoms with van der Waals surface area (Å²) in [6, 6.07) is 7.58. The van der Waals surface area contributed by atoms with Gasteiger partial charge in [-0.2, -0.15) is 14.8 Å². The van der Waals surface area contributed by atoms with E-state index in [-0.39, 0.29) is 30.5 Å². The first kappa shape index (κ1) is 27.2. The van der Waals surface area contributed by atoms with E-state index in [0.29, 0.717) is 6.61 Å². The number of para-hydroxylation sites is 1. The van der Waals surface area contributed by atoms with E-state index in [1.807, 2.05) is 13.8 Å². The number of aromatic nitrogens is 3. The first-order chi connectivity index (χ1) is 16.6.